The van der Waals surface area contributed by atoms with E-state index < -0.39 is 5.69 Å². The van der Waals surface area contributed by atoms with Gasteiger partial charge in [-0.2, -0.15) is 0 Å². The number of carbonyl (C=O) groups is 1. The third-order valence-corrected chi connectivity index (χ3v) is 7.27. The first-order valence-electron chi connectivity index (χ1n) is 11.3. The van der Waals surface area contributed by atoms with Crippen LogP contribution in [0.25, 0.3) is 15.9 Å². The van der Waals surface area contributed by atoms with E-state index in [-0.39, 0.29) is 23.9 Å². The highest BCUT2D eigenvalue weighted by Gasteiger charge is 2.27. The minimum atomic E-state index is -0.472. The van der Waals surface area contributed by atoms with E-state index >= 15 is 0 Å². The van der Waals surface area contributed by atoms with Crippen LogP contribution in [0.4, 0.5) is 5.69 Å². The molecule has 0 unspecified atom stereocenters. The molecule has 34 heavy (non-hydrogen) atoms. The number of benzene rings is 2. The number of piperazine rings is 1. The van der Waals surface area contributed by atoms with Crippen molar-refractivity contribution >= 4 is 33.1 Å². The van der Waals surface area contributed by atoms with Gasteiger partial charge in [-0.25, -0.2) is 9.36 Å². The zero-order valence-electron chi connectivity index (χ0n) is 19.2. The molecule has 8 heteroatoms. The number of nitrogens with zero attached hydrogens (tertiary/aromatic N) is 3. The van der Waals surface area contributed by atoms with Crippen LogP contribution in [0.1, 0.15) is 18.1 Å². The summed E-state index contributed by atoms with van der Waals surface area (Å²) in [6.45, 7) is 6.39. The first-order chi connectivity index (χ1) is 16.4. The van der Waals surface area contributed by atoms with E-state index in [2.05, 4.69) is 48.0 Å². The molecule has 1 atom stereocenters. The fourth-order valence-corrected chi connectivity index (χ4v) is 5.37. The van der Waals surface area contributed by atoms with E-state index in [1.807, 2.05) is 17.0 Å². The molecule has 0 radical (unpaired) electrons. The lowest BCUT2D eigenvalue weighted by Crippen LogP contribution is -2.54. The molecule has 1 aliphatic rings. The lowest BCUT2D eigenvalue weighted by atomic mass is 10.1. The number of H-pyrrole nitrogens is 1. The maximum Gasteiger partial charge on any atom is 0.333 e. The maximum absolute atomic E-state index is 13.0. The summed E-state index contributed by atoms with van der Waals surface area (Å²) >= 11 is 1.30. The minimum Gasteiger partial charge on any atom is -0.365 e. The normalized spacial score (nSPS) is 16.2. The highest BCUT2D eigenvalue weighted by Crippen LogP contribution is 2.22. The van der Waals surface area contributed by atoms with Gasteiger partial charge in [-0.3, -0.25) is 9.59 Å². The highest BCUT2D eigenvalue weighted by atomic mass is 32.1. The maximum atomic E-state index is 13.0. The van der Waals surface area contributed by atoms with Crippen molar-refractivity contribution in [3.05, 3.63) is 91.9 Å². The van der Waals surface area contributed by atoms with E-state index in [9.17, 15) is 14.4 Å². The average molecular weight is 475 g/mol. The van der Waals surface area contributed by atoms with Gasteiger partial charge in [-0.1, -0.05) is 24.3 Å². The highest BCUT2D eigenvalue weighted by molar-refractivity contribution is 7.17. The van der Waals surface area contributed by atoms with Crippen molar-refractivity contribution in [2.24, 2.45) is 0 Å². The Morgan fingerprint density at radius 1 is 1.06 bits per heavy atom. The van der Waals surface area contributed by atoms with Gasteiger partial charge in [0.1, 0.15) is 4.70 Å². The minimum absolute atomic E-state index is 0.0820. The number of hydrogen-bond donors (Lipinski definition) is 1. The van der Waals surface area contributed by atoms with Crippen LogP contribution < -0.4 is 16.1 Å². The number of carbonyl (C=O) groups excluding carboxylic acids is 1. The van der Waals surface area contributed by atoms with Crippen LogP contribution >= 0.6 is 11.3 Å². The number of amides is 1. The Bertz CT molecular complexity index is 1470. The van der Waals surface area contributed by atoms with Gasteiger partial charge < -0.3 is 14.8 Å². The Morgan fingerprint density at radius 3 is 2.59 bits per heavy atom. The summed E-state index contributed by atoms with van der Waals surface area (Å²) in [5, 5.41) is 1.78. The lowest BCUT2D eigenvalue weighted by molar-refractivity contribution is -0.131. The third-order valence-electron chi connectivity index (χ3n) is 6.37. The molecule has 1 amide bonds. The monoisotopic (exact) mass is 474 g/mol. The second kappa shape index (κ2) is 8.95. The topological polar surface area (TPSA) is 78.4 Å². The number of thiophene rings is 1. The quantitative estimate of drug-likeness (QED) is 0.492. The Kier molecular flexibility index (Phi) is 5.83. The molecule has 0 aliphatic carbocycles. The number of aryl methyl sites for hydroxylation is 1. The van der Waals surface area contributed by atoms with Crippen LogP contribution in [0.5, 0.6) is 0 Å². The Balaban J connectivity index is 1.27. The third kappa shape index (κ3) is 4.17. The molecule has 0 bridgehead atoms. The number of fused-ring (bicyclic) bond motifs is 1. The SMILES string of the molecule is Cc1cccc(N2CCN(C(=O)Cc3ccc(-n4c(=O)[nH]c5ccsc5c4=O)cc3)C[C@H]2C)c1. The fraction of sp³-hybridized carbons (Fsp3) is 0.269. The molecular weight excluding hydrogens is 448 g/mol. The standard InChI is InChI=1S/C26H26N4O3S/c1-17-4-3-5-21(14-17)29-12-11-28(16-18(29)2)23(31)15-19-6-8-20(9-7-19)30-25(32)24-22(10-13-34-24)27-26(30)33/h3-10,13-14,18H,11-12,15-16H2,1-2H3,(H,27,33)/t18-/m1/s1. The van der Waals surface area contributed by atoms with Gasteiger partial charge in [0.15, 0.2) is 0 Å². The van der Waals surface area contributed by atoms with Crippen LogP contribution in [0.3, 0.4) is 0 Å². The molecule has 7 nitrogen and oxygen atoms in total. The zero-order chi connectivity index (χ0) is 23.8. The largest absolute Gasteiger partial charge is 0.365 e. The second-order valence-corrected chi connectivity index (χ2v) is 9.71. The van der Waals surface area contributed by atoms with Gasteiger partial charge in [-0.05, 0) is 60.7 Å². The van der Waals surface area contributed by atoms with Crippen LogP contribution in [0.15, 0.2) is 69.6 Å². The molecule has 1 fully saturated rings. The van der Waals surface area contributed by atoms with Gasteiger partial charge in [0.2, 0.25) is 5.91 Å². The number of hydrogen-bond acceptors (Lipinski definition) is 5. The van der Waals surface area contributed by atoms with Crippen molar-refractivity contribution in [2.75, 3.05) is 24.5 Å². The second-order valence-electron chi connectivity index (χ2n) is 8.80. The van der Waals surface area contributed by atoms with Crippen molar-refractivity contribution in [1.82, 2.24) is 14.5 Å². The molecule has 4 aromatic rings. The molecule has 1 N–H and O–H groups in total. The first-order valence-corrected chi connectivity index (χ1v) is 12.2. The number of nitrogens with one attached hydrogen (secondary N) is 1. The van der Waals surface area contributed by atoms with Crippen molar-refractivity contribution < 1.29 is 4.79 Å². The van der Waals surface area contributed by atoms with E-state index in [1.54, 1.807) is 23.6 Å². The Labute approximate surface area is 200 Å². The number of anilines is 1. The van der Waals surface area contributed by atoms with Gasteiger partial charge in [0.05, 0.1) is 17.6 Å². The van der Waals surface area contributed by atoms with Crippen LogP contribution in [-0.4, -0.2) is 46.0 Å². The zero-order valence-corrected chi connectivity index (χ0v) is 20.0. The van der Waals surface area contributed by atoms with Crippen molar-refractivity contribution in [2.45, 2.75) is 26.3 Å². The molecule has 0 spiro atoms. The Hall–Kier alpha value is -3.65. The van der Waals surface area contributed by atoms with Gasteiger partial charge >= 0.3 is 5.69 Å². The smallest absolute Gasteiger partial charge is 0.333 e. The summed E-state index contributed by atoms with van der Waals surface area (Å²) in [5.41, 5.74) is 3.50. The van der Waals surface area contributed by atoms with Crippen LogP contribution in [-0.2, 0) is 11.2 Å². The Morgan fingerprint density at radius 2 is 1.85 bits per heavy atom. The lowest BCUT2D eigenvalue weighted by Gasteiger charge is -2.41. The molecular formula is C26H26N4O3S. The molecule has 174 valence electrons. The molecule has 1 aliphatic heterocycles. The summed E-state index contributed by atoms with van der Waals surface area (Å²) in [6, 6.07) is 17.5. The van der Waals surface area contributed by atoms with E-state index in [0.29, 0.717) is 29.0 Å². The van der Waals surface area contributed by atoms with Gasteiger partial charge in [-0.15, -0.1) is 11.3 Å². The molecule has 0 saturated carbocycles. The van der Waals surface area contributed by atoms with Crippen molar-refractivity contribution in [3.8, 4) is 5.69 Å². The fourth-order valence-electron chi connectivity index (χ4n) is 4.60. The van der Waals surface area contributed by atoms with Gasteiger partial charge in [0, 0.05) is 31.4 Å². The summed E-state index contributed by atoms with van der Waals surface area (Å²) in [6.07, 6.45) is 0.284. The first kappa shape index (κ1) is 22.2. The molecule has 1 saturated heterocycles. The average Bonchev–Trinajstić information content (AvgIpc) is 3.29. The molecule has 2 aromatic carbocycles. The summed E-state index contributed by atoms with van der Waals surface area (Å²) < 4.78 is 1.65. The van der Waals surface area contributed by atoms with Crippen molar-refractivity contribution in [1.29, 1.82) is 0 Å². The van der Waals surface area contributed by atoms with E-state index in [0.717, 1.165) is 16.7 Å². The summed E-state index contributed by atoms with van der Waals surface area (Å²) in [7, 11) is 0. The predicted molar refractivity (Wildman–Crippen MR) is 136 cm³/mol. The number of rotatable bonds is 4. The van der Waals surface area contributed by atoms with Gasteiger partial charge in [0.25, 0.3) is 5.56 Å². The molecule has 5 rings (SSSR count). The summed E-state index contributed by atoms with van der Waals surface area (Å²) in [5.74, 6) is 0.0820. The molecule has 2 aromatic heterocycles. The number of aromatic amines is 1. The van der Waals surface area contributed by atoms with Crippen LogP contribution in [0.2, 0.25) is 0 Å². The number of aromatic nitrogens is 2. The molecule has 3 heterocycles. The predicted octanol–water partition coefficient (Wildman–Crippen LogP) is 3.33. The van der Waals surface area contributed by atoms with Crippen LogP contribution in [0, 0.1) is 6.92 Å². The van der Waals surface area contributed by atoms with E-state index in [4.69, 9.17) is 0 Å². The van der Waals surface area contributed by atoms with E-state index in [1.165, 1.54) is 22.6 Å². The summed E-state index contributed by atoms with van der Waals surface area (Å²) in [4.78, 5) is 45.2. The van der Waals surface area contributed by atoms with Crippen molar-refractivity contribution in [3.63, 3.8) is 0 Å².